The number of nitriles is 1. The van der Waals surface area contributed by atoms with Crippen molar-refractivity contribution >= 4 is 5.97 Å². The molecule has 0 heterocycles. The lowest BCUT2D eigenvalue weighted by Gasteiger charge is -2.28. The van der Waals surface area contributed by atoms with Crippen molar-refractivity contribution in [3.63, 3.8) is 0 Å². The fourth-order valence-corrected chi connectivity index (χ4v) is 2.76. The largest absolute Gasteiger partial charge is 0.459 e. The van der Waals surface area contributed by atoms with Gasteiger partial charge >= 0.3 is 5.97 Å². The van der Waals surface area contributed by atoms with E-state index < -0.39 is 0 Å². The molecule has 0 unspecified atom stereocenters. The third-order valence-corrected chi connectivity index (χ3v) is 3.96. The number of esters is 1. The van der Waals surface area contributed by atoms with Crippen LogP contribution >= 0.6 is 0 Å². The number of ether oxygens (including phenoxy) is 1. The minimum Gasteiger partial charge on any atom is -0.459 e. The first-order chi connectivity index (χ1) is 10.2. The summed E-state index contributed by atoms with van der Waals surface area (Å²) in [5.74, 6) is 0.289. The van der Waals surface area contributed by atoms with E-state index >= 15 is 0 Å². The molecule has 0 aliphatic heterocycles. The summed E-state index contributed by atoms with van der Waals surface area (Å²) in [7, 11) is 0. The Morgan fingerprint density at radius 3 is 2.52 bits per heavy atom. The highest BCUT2D eigenvalue weighted by Crippen LogP contribution is 2.34. The predicted octanol–water partition coefficient (Wildman–Crippen LogP) is 4.09. The number of nitrogens with zero attached hydrogens (tertiary/aromatic N) is 1. The van der Waals surface area contributed by atoms with Gasteiger partial charge in [0, 0.05) is 6.08 Å². The number of hydrogen-bond donors (Lipinski definition) is 0. The first kappa shape index (κ1) is 15.3. The van der Waals surface area contributed by atoms with Crippen molar-refractivity contribution in [3.05, 3.63) is 47.5 Å². The molecule has 1 aromatic rings. The van der Waals surface area contributed by atoms with Crippen molar-refractivity contribution in [3.8, 4) is 6.07 Å². The maximum Gasteiger partial charge on any atom is 0.330 e. The van der Waals surface area contributed by atoms with Crippen LogP contribution < -0.4 is 0 Å². The summed E-state index contributed by atoms with van der Waals surface area (Å²) >= 11 is 0. The molecule has 0 spiro atoms. The third-order valence-electron chi connectivity index (χ3n) is 3.96. The van der Waals surface area contributed by atoms with Crippen LogP contribution in [0.1, 0.15) is 56.1 Å². The molecule has 3 heteroatoms. The van der Waals surface area contributed by atoms with Crippen molar-refractivity contribution in [2.24, 2.45) is 0 Å². The molecular formula is C18H21NO2. The number of allylic oxidation sites excluding steroid dienone is 1. The average Bonchev–Trinajstić information content (AvgIpc) is 2.54. The topological polar surface area (TPSA) is 50.1 Å². The third kappa shape index (κ3) is 4.46. The van der Waals surface area contributed by atoms with Gasteiger partial charge in [0.05, 0.1) is 11.6 Å². The van der Waals surface area contributed by atoms with E-state index in [4.69, 9.17) is 10.00 Å². The lowest BCUT2D eigenvalue weighted by atomic mass is 9.82. The molecule has 1 saturated carbocycles. The standard InChI is InChI=1S/C18H21NO2/c1-2-3-4-18(20)21-17-11-9-16(10-12-17)15-7-5-14(13-19)6-8-15/h3-8,16-17H,2,9-12H2,1H3/b4-3+. The first-order valence-electron chi connectivity index (χ1n) is 7.60. The molecule has 0 radical (unpaired) electrons. The van der Waals surface area contributed by atoms with Gasteiger partial charge in [-0.3, -0.25) is 0 Å². The van der Waals surface area contributed by atoms with Crippen LogP contribution in [0.2, 0.25) is 0 Å². The van der Waals surface area contributed by atoms with Crippen molar-refractivity contribution in [2.45, 2.75) is 51.0 Å². The fourth-order valence-electron chi connectivity index (χ4n) is 2.76. The summed E-state index contributed by atoms with van der Waals surface area (Å²) < 4.78 is 5.45. The molecule has 0 N–H and O–H groups in total. The molecule has 1 fully saturated rings. The van der Waals surface area contributed by atoms with Gasteiger partial charge < -0.3 is 4.74 Å². The van der Waals surface area contributed by atoms with Crippen molar-refractivity contribution in [1.82, 2.24) is 0 Å². The summed E-state index contributed by atoms with van der Waals surface area (Å²) in [5, 5.41) is 8.82. The van der Waals surface area contributed by atoms with Gasteiger partial charge in [0.25, 0.3) is 0 Å². The lowest BCUT2D eigenvalue weighted by Crippen LogP contribution is -2.23. The van der Waals surface area contributed by atoms with Crippen LogP contribution in [0, 0.1) is 11.3 Å². The zero-order chi connectivity index (χ0) is 15.1. The van der Waals surface area contributed by atoms with Gasteiger partial charge in [0.2, 0.25) is 0 Å². The van der Waals surface area contributed by atoms with Gasteiger partial charge in [-0.15, -0.1) is 0 Å². The van der Waals surface area contributed by atoms with E-state index in [0.29, 0.717) is 11.5 Å². The van der Waals surface area contributed by atoms with Crippen LogP contribution in [0.5, 0.6) is 0 Å². The minimum absolute atomic E-state index is 0.0497. The Morgan fingerprint density at radius 1 is 1.29 bits per heavy atom. The van der Waals surface area contributed by atoms with Gasteiger partial charge in [0.1, 0.15) is 6.10 Å². The van der Waals surface area contributed by atoms with E-state index in [1.165, 1.54) is 11.6 Å². The van der Waals surface area contributed by atoms with E-state index in [2.05, 4.69) is 6.07 Å². The Labute approximate surface area is 126 Å². The SMILES string of the molecule is CC/C=C/C(=O)OC1CCC(c2ccc(C#N)cc2)CC1. The molecule has 0 atom stereocenters. The Bertz CT molecular complexity index is 531. The highest BCUT2D eigenvalue weighted by atomic mass is 16.5. The average molecular weight is 283 g/mol. The molecule has 110 valence electrons. The monoisotopic (exact) mass is 283 g/mol. The minimum atomic E-state index is -0.223. The summed E-state index contributed by atoms with van der Waals surface area (Å²) in [6.45, 7) is 1.99. The molecule has 0 aromatic heterocycles. The Kier molecular flexibility index (Phi) is 5.57. The van der Waals surface area contributed by atoms with Crippen LogP contribution in [0.25, 0.3) is 0 Å². The van der Waals surface area contributed by atoms with Crippen LogP contribution in [0.4, 0.5) is 0 Å². The Hall–Kier alpha value is -2.08. The molecule has 0 bridgehead atoms. The van der Waals surface area contributed by atoms with Crippen molar-refractivity contribution < 1.29 is 9.53 Å². The zero-order valence-electron chi connectivity index (χ0n) is 12.4. The van der Waals surface area contributed by atoms with Crippen molar-refractivity contribution in [2.75, 3.05) is 0 Å². The van der Waals surface area contributed by atoms with Crippen LogP contribution in [-0.2, 0) is 9.53 Å². The van der Waals surface area contributed by atoms with E-state index in [1.54, 1.807) is 0 Å². The molecular weight excluding hydrogens is 262 g/mol. The number of rotatable bonds is 4. The maximum atomic E-state index is 11.6. The number of carbonyl (C=O) groups excluding carboxylic acids is 1. The second-order valence-corrected chi connectivity index (χ2v) is 5.45. The molecule has 0 saturated heterocycles. The summed E-state index contributed by atoms with van der Waals surface area (Å²) in [6, 6.07) is 9.97. The molecule has 1 aromatic carbocycles. The quantitative estimate of drug-likeness (QED) is 0.617. The second-order valence-electron chi connectivity index (χ2n) is 5.45. The van der Waals surface area contributed by atoms with E-state index in [0.717, 1.165) is 32.1 Å². The first-order valence-corrected chi connectivity index (χ1v) is 7.60. The normalized spacial score (nSPS) is 21.9. The highest BCUT2D eigenvalue weighted by Gasteiger charge is 2.24. The van der Waals surface area contributed by atoms with E-state index in [-0.39, 0.29) is 12.1 Å². The highest BCUT2D eigenvalue weighted by molar-refractivity contribution is 5.82. The number of carbonyl (C=O) groups is 1. The smallest absolute Gasteiger partial charge is 0.330 e. The van der Waals surface area contributed by atoms with Gasteiger partial charge in [-0.1, -0.05) is 25.1 Å². The molecule has 1 aliphatic rings. The summed E-state index contributed by atoms with van der Waals surface area (Å²) in [5.41, 5.74) is 1.98. The number of hydrogen-bond acceptors (Lipinski definition) is 3. The van der Waals surface area contributed by atoms with Gasteiger partial charge in [0.15, 0.2) is 0 Å². The van der Waals surface area contributed by atoms with Crippen LogP contribution in [-0.4, -0.2) is 12.1 Å². The fraction of sp³-hybridized carbons (Fsp3) is 0.444. The maximum absolute atomic E-state index is 11.6. The van der Waals surface area contributed by atoms with Crippen molar-refractivity contribution in [1.29, 1.82) is 5.26 Å². The van der Waals surface area contributed by atoms with E-state index in [1.807, 2.05) is 37.3 Å². The molecule has 21 heavy (non-hydrogen) atoms. The summed E-state index contributed by atoms with van der Waals surface area (Å²) in [6.07, 6.45) is 8.13. The van der Waals surface area contributed by atoms with Gasteiger partial charge in [-0.2, -0.15) is 5.26 Å². The second kappa shape index (κ2) is 7.64. The Morgan fingerprint density at radius 2 is 1.95 bits per heavy atom. The molecule has 3 nitrogen and oxygen atoms in total. The Balaban J connectivity index is 1.84. The predicted molar refractivity (Wildman–Crippen MR) is 81.7 cm³/mol. The van der Waals surface area contributed by atoms with E-state index in [9.17, 15) is 4.79 Å². The summed E-state index contributed by atoms with van der Waals surface area (Å²) in [4.78, 5) is 11.6. The molecule has 2 rings (SSSR count). The van der Waals surface area contributed by atoms with Crippen LogP contribution in [0.15, 0.2) is 36.4 Å². The molecule has 0 amide bonds. The zero-order valence-corrected chi connectivity index (χ0v) is 12.4. The molecule has 1 aliphatic carbocycles. The van der Waals surface area contributed by atoms with Gasteiger partial charge in [-0.25, -0.2) is 4.79 Å². The lowest BCUT2D eigenvalue weighted by molar-refractivity contribution is -0.144. The van der Waals surface area contributed by atoms with Gasteiger partial charge in [-0.05, 0) is 55.7 Å². The number of benzene rings is 1. The van der Waals surface area contributed by atoms with Crippen LogP contribution in [0.3, 0.4) is 0 Å².